The Morgan fingerprint density at radius 3 is 2.25 bits per heavy atom. The van der Waals surface area contributed by atoms with E-state index in [1.807, 2.05) is 42.5 Å². The zero-order valence-electron chi connectivity index (χ0n) is 26.0. The number of hydrogen-bond donors (Lipinski definition) is 1. The number of hydrogen-bond acceptors (Lipinski definition) is 6. The van der Waals surface area contributed by atoms with Gasteiger partial charge in [-0.25, -0.2) is 4.90 Å². The van der Waals surface area contributed by atoms with E-state index in [9.17, 15) is 14.7 Å². The van der Waals surface area contributed by atoms with Crippen LogP contribution in [0.2, 0.25) is 0 Å². The molecule has 1 aliphatic carbocycles. The molecule has 1 saturated carbocycles. The SMILES string of the molecule is C[C@H]1[C@@H](CN2CC3(C)CC2CC(C)(C)C3)O[C@@H](c2cccc(N3C(=O)c4ccccc4C3=O)c2)O[C@H]1c1ccc(CO)cc1. The summed E-state index contributed by atoms with van der Waals surface area (Å²) in [5, 5.41) is 9.62. The van der Waals surface area contributed by atoms with E-state index in [0.717, 1.165) is 29.8 Å². The number of aliphatic hydroxyl groups excluding tert-OH is 1. The average molecular weight is 595 g/mol. The highest BCUT2D eigenvalue weighted by molar-refractivity contribution is 6.34. The van der Waals surface area contributed by atoms with E-state index in [1.165, 1.54) is 24.2 Å². The third kappa shape index (κ3) is 5.20. The molecule has 7 rings (SSSR count). The van der Waals surface area contributed by atoms with Crippen LogP contribution in [-0.2, 0) is 16.1 Å². The summed E-state index contributed by atoms with van der Waals surface area (Å²) >= 11 is 0. The van der Waals surface area contributed by atoms with Gasteiger partial charge in [-0.2, -0.15) is 0 Å². The van der Waals surface area contributed by atoms with Gasteiger partial charge in [0.05, 0.1) is 35.6 Å². The highest BCUT2D eigenvalue weighted by Crippen LogP contribution is 2.53. The molecule has 2 amide bonds. The zero-order chi connectivity index (χ0) is 30.8. The Morgan fingerprint density at radius 2 is 1.57 bits per heavy atom. The van der Waals surface area contributed by atoms with Crippen molar-refractivity contribution in [2.24, 2.45) is 16.7 Å². The predicted molar refractivity (Wildman–Crippen MR) is 168 cm³/mol. The second-order valence-corrected chi connectivity index (χ2v) is 14.6. The lowest BCUT2D eigenvalue weighted by atomic mass is 9.65. The van der Waals surface area contributed by atoms with Crippen molar-refractivity contribution in [1.29, 1.82) is 0 Å². The first-order valence-corrected chi connectivity index (χ1v) is 15.9. The number of fused-ring (bicyclic) bond motifs is 3. The van der Waals surface area contributed by atoms with Gasteiger partial charge in [-0.05, 0) is 65.5 Å². The molecule has 7 heteroatoms. The van der Waals surface area contributed by atoms with Gasteiger partial charge in [0.2, 0.25) is 0 Å². The third-order valence-corrected chi connectivity index (χ3v) is 10.3. The summed E-state index contributed by atoms with van der Waals surface area (Å²) in [4.78, 5) is 30.4. The van der Waals surface area contributed by atoms with Crippen LogP contribution in [0.15, 0.2) is 72.8 Å². The summed E-state index contributed by atoms with van der Waals surface area (Å²) in [7, 11) is 0. The Bertz CT molecular complexity index is 1550. The fourth-order valence-corrected chi connectivity index (χ4v) is 8.58. The van der Waals surface area contributed by atoms with Gasteiger partial charge in [-0.15, -0.1) is 0 Å². The fraction of sp³-hybridized carbons (Fsp3) is 0.459. The van der Waals surface area contributed by atoms with Crippen LogP contribution in [0.4, 0.5) is 5.69 Å². The van der Waals surface area contributed by atoms with Crippen LogP contribution in [0.1, 0.15) is 96.8 Å². The average Bonchev–Trinajstić information content (AvgIpc) is 3.40. The number of rotatable bonds is 6. The molecule has 2 bridgehead atoms. The summed E-state index contributed by atoms with van der Waals surface area (Å²) < 4.78 is 13.5. The topological polar surface area (TPSA) is 79.3 Å². The van der Waals surface area contributed by atoms with E-state index < -0.39 is 6.29 Å². The molecule has 3 aromatic carbocycles. The number of imide groups is 1. The van der Waals surface area contributed by atoms with Crippen molar-refractivity contribution in [3.63, 3.8) is 0 Å². The normalized spacial score (nSPS) is 31.4. The quantitative estimate of drug-likeness (QED) is 0.321. The Morgan fingerprint density at radius 1 is 0.864 bits per heavy atom. The lowest BCUT2D eigenvalue weighted by Gasteiger charge is -2.43. The molecule has 3 fully saturated rings. The number of likely N-dealkylation sites (tertiary alicyclic amines) is 1. The van der Waals surface area contributed by atoms with Crippen LogP contribution in [0.25, 0.3) is 0 Å². The standard InChI is InChI=1S/C37H42N2O5/c1-23-31(19-38-22-37(4)18-28(38)17-36(2,3)21-37)43-35(44-32(23)25-14-12-24(20-40)13-15-25)26-8-7-9-27(16-26)39-33(41)29-10-5-6-11-30(29)34(39)42/h5-16,23,28,31-32,35,40H,17-22H2,1-4H3/t23-,28?,31+,32+,35+,37?/m0/s1. The largest absolute Gasteiger partial charge is 0.392 e. The van der Waals surface area contributed by atoms with Gasteiger partial charge in [0.25, 0.3) is 11.8 Å². The van der Waals surface area contributed by atoms with Gasteiger partial charge in [0.15, 0.2) is 6.29 Å². The molecule has 230 valence electrons. The van der Waals surface area contributed by atoms with Gasteiger partial charge in [0, 0.05) is 30.6 Å². The summed E-state index contributed by atoms with van der Waals surface area (Å²) in [5.74, 6) is -0.566. The predicted octanol–water partition coefficient (Wildman–Crippen LogP) is 6.67. The maximum atomic E-state index is 13.3. The highest BCUT2D eigenvalue weighted by Gasteiger charge is 2.51. The van der Waals surface area contributed by atoms with Crippen LogP contribution >= 0.6 is 0 Å². The van der Waals surface area contributed by atoms with Gasteiger partial charge in [-0.1, -0.05) is 76.2 Å². The van der Waals surface area contributed by atoms with Gasteiger partial charge < -0.3 is 14.6 Å². The van der Waals surface area contributed by atoms with Crippen molar-refractivity contribution in [2.45, 2.75) is 78.1 Å². The minimum atomic E-state index is -0.678. The molecule has 1 N–H and O–H groups in total. The smallest absolute Gasteiger partial charge is 0.266 e. The molecule has 2 saturated heterocycles. The van der Waals surface area contributed by atoms with Crippen LogP contribution in [0.5, 0.6) is 0 Å². The third-order valence-electron chi connectivity index (χ3n) is 10.3. The summed E-state index contributed by atoms with van der Waals surface area (Å²) in [6, 6.07) is 22.9. The summed E-state index contributed by atoms with van der Waals surface area (Å²) in [6.07, 6.45) is 2.66. The number of amides is 2. The Balaban J connectivity index is 1.19. The highest BCUT2D eigenvalue weighted by atomic mass is 16.7. The van der Waals surface area contributed by atoms with Crippen molar-refractivity contribution in [2.75, 3.05) is 18.0 Å². The molecule has 7 nitrogen and oxygen atoms in total. The molecule has 0 radical (unpaired) electrons. The molecule has 2 unspecified atom stereocenters. The molecule has 0 spiro atoms. The second-order valence-electron chi connectivity index (χ2n) is 14.6. The lowest BCUT2D eigenvalue weighted by Crippen LogP contribution is -2.46. The molecule has 3 aromatic rings. The van der Waals surface area contributed by atoms with Crippen molar-refractivity contribution in [3.8, 4) is 0 Å². The second kappa shape index (κ2) is 10.9. The maximum Gasteiger partial charge on any atom is 0.266 e. The van der Waals surface area contributed by atoms with Crippen molar-refractivity contribution >= 4 is 17.5 Å². The van der Waals surface area contributed by atoms with Crippen LogP contribution in [-0.4, -0.2) is 47.1 Å². The summed E-state index contributed by atoms with van der Waals surface area (Å²) in [6.45, 7) is 11.3. The van der Waals surface area contributed by atoms with Crippen LogP contribution in [0.3, 0.4) is 0 Å². The van der Waals surface area contributed by atoms with E-state index in [4.69, 9.17) is 9.47 Å². The number of benzene rings is 3. The van der Waals surface area contributed by atoms with Crippen molar-refractivity contribution < 1.29 is 24.2 Å². The lowest BCUT2D eigenvalue weighted by molar-refractivity contribution is -0.276. The Labute approximate surface area is 259 Å². The molecule has 0 aromatic heterocycles. The molecule has 44 heavy (non-hydrogen) atoms. The number of ether oxygens (including phenoxy) is 2. The number of carbonyl (C=O) groups excluding carboxylic acids is 2. The number of aliphatic hydroxyl groups is 1. The Kier molecular flexibility index (Phi) is 7.28. The van der Waals surface area contributed by atoms with Gasteiger partial charge in [-0.3, -0.25) is 14.5 Å². The fourth-order valence-electron chi connectivity index (χ4n) is 8.58. The monoisotopic (exact) mass is 594 g/mol. The molecule has 6 atom stereocenters. The molecule has 3 heterocycles. The van der Waals surface area contributed by atoms with E-state index in [1.54, 1.807) is 30.3 Å². The zero-order valence-corrected chi connectivity index (χ0v) is 26.0. The van der Waals surface area contributed by atoms with Gasteiger partial charge in [0.1, 0.15) is 0 Å². The van der Waals surface area contributed by atoms with Crippen molar-refractivity contribution in [3.05, 3.63) is 101 Å². The van der Waals surface area contributed by atoms with Crippen LogP contribution in [0, 0.1) is 16.7 Å². The number of carbonyl (C=O) groups is 2. The van der Waals surface area contributed by atoms with E-state index in [2.05, 4.69) is 32.6 Å². The minimum Gasteiger partial charge on any atom is -0.392 e. The first-order chi connectivity index (χ1) is 21.0. The molecule has 4 aliphatic rings. The molecular weight excluding hydrogens is 552 g/mol. The van der Waals surface area contributed by atoms with Crippen molar-refractivity contribution in [1.82, 2.24) is 4.90 Å². The van der Waals surface area contributed by atoms with E-state index >= 15 is 0 Å². The summed E-state index contributed by atoms with van der Waals surface area (Å²) in [5.41, 5.74) is 4.65. The molecular formula is C37H42N2O5. The number of anilines is 1. The first-order valence-electron chi connectivity index (χ1n) is 15.9. The molecule has 3 aliphatic heterocycles. The maximum absolute atomic E-state index is 13.3. The van der Waals surface area contributed by atoms with E-state index in [-0.39, 0.29) is 36.5 Å². The van der Waals surface area contributed by atoms with E-state index in [0.29, 0.717) is 33.7 Å². The first kappa shape index (κ1) is 29.4. The Hall–Kier alpha value is -3.36. The minimum absolute atomic E-state index is 0.00815. The van der Waals surface area contributed by atoms with Crippen LogP contribution < -0.4 is 4.90 Å². The number of nitrogens with zero attached hydrogens (tertiary/aromatic N) is 2. The van der Waals surface area contributed by atoms with Gasteiger partial charge >= 0.3 is 0 Å².